The molecular weight excluding hydrogens is 397 g/mol. The van der Waals surface area contributed by atoms with E-state index in [4.69, 9.17) is 0 Å². The van der Waals surface area contributed by atoms with Gasteiger partial charge in [0.2, 0.25) is 17.7 Å². The predicted octanol–water partition coefficient (Wildman–Crippen LogP) is 3.73. The number of imide groups is 1. The largest absolute Gasteiger partial charge is 0.371 e. The quantitative estimate of drug-likeness (QED) is 0.555. The van der Waals surface area contributed by atoms with E-state index in [0.29, 0.717) is 24.9 Å². The molecule has 2 fully saturated rings. The molecule has 31 heavy (non-hydrogen) atoms. The van der Waals surface area contributed by atoms with Crippen LogP contribution in [-0.2, 0) is 14.4 Å². The minimum Gasteiger partial charge on any atom is -0.371 e. The van der Waals surface area contributed by atoms with Gasteiger partial charge >= 0.3 is 0 Å². The van der Waals surface area contributed by atoms with Gasteiger partial charge in [-0.05, 0) is 56.2 Å². The van der Waals surface area contributed by atoms with Crippen LogP contribution in [0.15, 0.2) is 30.4 Å². The summed E-state index contributed by atoms with van der Waals surface area (Å²) in [6, 6.07) is 3.61. The van der Waals surface area contributed by atoms with Crippen molar-refractivity contribution in [1.82, 2.24) is 4.90 Å². The van der Waals surface area contributed by atoms with Crippen molar-refractivity contribution in [2.75, 3.05) is 23.3 Å². The van der Waals surface area contributed by atoms with Crippen LogP contribution in [-0.4, -0.2) is 41.8 Å². The van der Waals surface area contributed by atoms with Gasteiger partial charge in [-0.2, -0.15) is 0 Å². The molecule has 1 aliphatic carbocycles. The number of allylic oxidation sites excluding steroid dienone is 2. The molecule has 6 nitrogen and oxygen atoms in total. The summed E-state index contributed by atoms with van der Waals surface area (Å²) in [5.41, 5.74) is 1.08. The van der Waals surface area contributed by atoms with E-state index in [1.165, 1.54) is 17.0 Å². The molecule has 3 atom stereocenters. The van der Waals surface area contributed by atoms with E-state index in [-0.39, 0.29) is 29.6 Å². The number of rotatable bonds is 6. The maximum atomic E-state index is 14.3. The summed E-state index contributed by atoms with van der Waals surface area (Å²) in [4.78, 5) is 42.6. The van der Waals surface area contributed by atoms with Crippen LogP contribution in [0.2, 0.25) is 0 Å². The number of amides is 3. The first-order valence-corrected chi connectivity index (χ1v) is 11.2. The van der Waals surface area contributed by atoms with Gasteiger partial charge in [-0.1, -0.05) is 26.0 Å². The van der Waals surface area contributed by atoms with E-state index >= 15 is 0 Å². The Hall–Kier alpha value is -2.70. The molecular formula is C24H30FN3O3. The Morgan fingerprint density at radius 2 is 1.68 bits per heavy atom. The van der Waals surface area contributed by atoms with Crippen molar-refractivity contribution < 1.29 is 18.8 Å². The fraction of sp³-hybridized carbons (Fsp3) is 0.542. The number of anilines is 2. The van der Waals surface area contributed by atoms with Crippen molar-refractivity contribution in [1.29, 1.82) is 0 Å². The Kier molecular flexibility index (Phi) is 6.12. The molecule has 3 unspecified atom stereocenters. The van der Waals surface area contributed by atoms with Crippen molar-refractivity contribution in [3.63, 3.8) is 0 Å². The highest BCUT2D eigenvalue weighted by Gasteiger charge is 2.51. The molecule has 3 aliphatic rings. The maximum Gasteiger partial charge on any atom is 0.247 e. The van der Waals surface area contributed by atoms with Crippen LogP contribution in [0.3, 0.4) is 0 Å². The van der Waals surface area contributed by atoms with E-state index in [1.54, 1.807) is 6.07 Å². The fourth-order valence-electron chi connectivity index (χ4n) is 4.94. The van der Waals surface area contributed by atoms with Crippen molar-refractivity contribution in [2.24, 2.45) is 17.8 Å². The molecule has 2 saturated heterocycles. The summed E-state index contributed by atoms with van der Waals surface area (Å²) < 4.78 is 14.3. The number of benzene rings is 1. The third kappa shape index (κ3) is 4.36. The zero-order valence-electron chi connectivity index (χ0n) is 18.1. The SMILES string of the molecule is CC(C)CC(C(=O)Nc1cc(F)cc(N2CCCC2)c1)N1C(=O)C2CC=CCC2C1=O. The second-order valence-electron chi connectivity index (χ2n) is 9.23. The van der Waals surface area contributed by atoms with Gasteiger partial charge in [-0.15, -0.1) is 0 Å². The number of halogens is 1. The summed E-state index contributed by atoms with van der Waals surface area (Å²) in [5, 5.41) is 2.78. The number of hydrogen-bond acceptors (Lipinski definition) is 4. The third-order valence-corrected chi connectivity index (χ3v) is 6.47. The van der Waals surface area contributed by atoms with Crippen LogP contribution in [0.25, 0.3) is 0 Å². The highest BCUT2D eigenvalue weighted by atomic mass is 19.1. The highest BCUT2D eigenvalue weighted by Crippen LogP contribution is 2.37. The average Bonchev–Trinajstić information content (AvgIpc) is 3.34. The molecule has 0 aromatic heterocycles. The Morgan fingerprint density at radius 3 is 2.26 bits per heavy atom. The van der Waals surface area contributed by atoms with Crippen molar-refractivity contribution in [3.8, 4) is 0 Å². The Morgan fingerprint density at radius 1 is 1.06 bits per heavy atom. The molecule has 0 saturated carbocycles. The molecule has 1 aromatic carbocycles. The van der Waals surface area contributed by atoms with Crippen molar-refractivity contribution in [3.05, 3.63) is 36.2 Å². The molecule has 2 heterocycles. The van der Waals surface area contributed by atoms with E-state index < -0.39 is 17.8 Å². The van der Waals surface area contributed by atoms with Gasteiger partial charge in [0.15, 0.2) is 0 Å². The Labute approximate surface area is 182 Å². The monoisotopic (exact) mass is 427 g/mol. The highest BCUT2D eigenvalue weighted by molar-refractivity contribution is 6.10. The lowest BCUT2D eigenvalue weighted by molar-refractivity contribution is -0.147. The summed E-state index contributed by atoms with van der Waals surface area (Å²) in [6.07, 6.45) is 7.41. The van der Waals surface area contributed by atoms with Crippen LogP contribution in [0.1, 0.15) is 46.0 Å². The lowest BCUT2D eigenvalue weighted by Crippen LogP contribution is -2.48. The van der Waals surface area contributed by atoms with E-state index in [9.17, 15) is 18.8 Å². The van der Waals surface area contributed by atoms with Gasteiger partial charge in [-0.3, -0.25) is 19.3 Å². The molecule has 0 radical (unpaired) electrons. The molecule has 0 spiro atoms. The van der Waals surface area contributed by atoms with E-state index in [0.717, 1.165) is 31.6 Å². The molecule has 3 amide bonds. The second kappa shape index (κ2) is 8.81. The summed E-state index contributed by atoms with van der Waals surface area (Å²) in [5.74, 6) is -2.06. The van der Waals surface area contributed by atoms with Crippen LogP contribution in [0, 0.1) is 23.6 Å². The zero-order chi connectivity index (χ0) is 22.1. The number of nitrogens with one attached hydrogen (secondary N) is 1. The van der Waals surface area contributed by atoms with Gasteiger partial charge < -0.3 is 10.2 Å². The third-order valence-electron chi connectivity index (χ3n) is 6.47. The molecule has 1 N–H and O–H groups in total. The van der Waals surface area contributed by atoms with Gasteiger partial charge in [0.25, 0.3) is 0 Å². The summed E-state index contributed by atoms with van der Waals surface area (Å²) in [6.45, 7) is 5.63. The smallest absolute Gasteiger partial charge is 0.247 e. The number of likely N-dealkylation sites (tertiary alicyclic amines) is 1. The van der Waals surface area contributed by atoms with E-state index in [2.05, 4.69) is 10.2 Å². The fourth-order valence-corrected chi connectivity index (χ4v) is 4.94. The molecule has 1 aromatic rings. The van der Waals surface area contributed by atoms with Gasteiger partial charge in [0, 0.05) is 24.5 Å². The molecule has 166 valence electrons. The lowest BCUT2D eigenvalue weighted by Gasteiger charge is -2.27. The van der Waals surface area contributed by atoms with Crippen LogP contribution < -0.4 is 10.2 Å². The van der Waals surface area contributed by atoms with E-state index in [1.807, 2.05) is 26.0 Å². The molecule has 7 heteroatoms. The predicted molar refractivity (Wildman–Crippen MR) is 117 cm³/mol. The normalized spacial score (nSPS) is 24.1. The first-order valence-electron chi connectivity index (χ1n) is 11.2. The standard InChI is InChI=1S/C24H30FN3O3/c1-15(2)11-21(28-23(30)19-7-3-4-8-20(19)24(28)31)22(29)26-17-12-16(25)13-18(14-17)27-9-5-6-10-27/h3-4,12-15,19-21H,5-11H2,1-2H3,(H,26,29). The molecule has 0 bridgehead atoms. The topological polar surface area (TPSA) is 69.7 Å². The molecule has 2 aliphatic heterocycles. The van der Waals surface area contributed by atoms with Gasteiger partial charge in [-0.25, -0.2) is 4.39 Å². The number of fused-ring (bicyclic) bond motifs is 1. The van der Waals surface area contributed by atoms with Crippen molar-refractivity contribution >= 4 is 29.1 Å². The zero-order valence-corrected chi connectivity index (χ0v) is 18.1. The maximum absolute atomic E-state index is 14.3. The summed E-state index contributed by atoms with van der Waals surface area (Å²) in [7, 11) is 0. The minimum atomic E-state index is -0.899. The number of carbonyl (C=O) groups excluding carboxylic acids is 3. The first-order chi connectivity index (χ1) is 14.8. The van der Waals surface area contributed by atoms with Crippen LogP contribution in [0.5, 0.6) is 0 Å². The second-order valence-corrected chi connectivity index (χ2v) is 9.23. The van der Waals surface area contributed by atoms with Gasteiger partial charge in [0.05, 0.1) is 11.8 Å². The molecule has 4 rings (SSSR count). The summed E-state index contributed by atoms with van der Waals surface area (Å²) >= 11 is 0. The minimum absolute atomic E-state index is 0.102. The number of nitrogens with zero attached hydrogens (tertiary/aromatic N) is 2. The van der Waals surface area contributed by atoms with Crippen LogP contribution >= 0.6 is 0 Å². The number of carbonyl (C=O) groups is 3. The van der Waals surface area contributed by atoms with Crippen molar-refractivity contribution in [2.45, 2.75) is 52.0 Å². The Balaban J connectivity index is 1.57. The average molecular weight is 428 g/mol. The lowest BCUT2D eigenvalue weighted by atomic mass is 9.85. The Bertz CT molecular complexity index is 881. The van der Waals surface area contributed by atoms with Crippen LogP contribution in [0.4, 0.5) is 15.8 Å². The number of hydrogen-bond donors (Lipinski definition) is 1. The first kappa shape index (κ1) is 21.5. The van der Waals surface area contributed by atoms with Gasteiger partial charge in [0.1, 0.15) is 11.9 Å².